The first kappa shape index (κ1) is 11.7. The van der Waals surface area contributed by atoms with Gasteiger partial charge >= 0.3 is 0 Å². The number of thioether (sulfide) groups is 1. The van der Waals surface area contributed by atoms with E-state index >= 15 is 0 Å². The zero-order chi connectivity index (χ0) is 12.6. The van der Waals surface area contributed by atoms with Crippen molar-refractivity contribution in [2.24, 2.45) is 0 Å². The first-order chi connectivity index (χ1) is 8.71. The normalized spacial score (nSPS) is 16.7. The molecule has 94 valence electrons. The third kappa shape index (κ3) is 2.25. The van der Waals surface area contributed by atoms with Crippen molar-refractivity contribution in [1.82, 2.24) is 4.98 Å². The third-order valence-electron chi connectivity index (χ3n) is 3.55. The van der Waals surface area contributed by atoms with E-state index in [1.165, 1.54) is 12.8 Å². The van der Waals surface area contributed by atoms with Crippen LogP contribution in [0.2, 0.25) is 0 Å². The summed E-state index contributed by atoms with van der Waals surface area (Å²) >= 11 is 1.96. The number of aromatic nitrogens is 1. The lowest BCUT2D eigenvalue weighted by atomic mass is 10.2. The smallest absolute Gasteiger partial charge is 0.126 e. The summed E-state index contributed by atoms with van der Waals surface area (Å²) in [6, 6.07) is 9.91. The first-order valence-corrected chi connectivity index (χ1v) is 7.39. The first-order valence-electron chi connectivity index (χ1n) is 6.16. The minimum Gasteiger partial charge on any atom is -0.399 e. The predicted octanol–water partition coefficient (Wildman–Crippen LogP) is 3.12. The fourth-order valence-corrected chi connectivity index (χ4v) is 2.81. The molecule has 0 radical (unpaired) electrons. The van der Waals surface area contributed by atoms with Gasteiger partial charge in [-0.1, -0.05) is 0 Å². The van der Waals surface area contributed by atoms with E-state index in [4.69, 9.17) is 5.73 Å². The number of nitrogens with zero attached hydrogens (tertiary/aromatic N) is 1. The van der Waals surface area contributed by atoms with Crippen molar-refractivity contribution in [2.75, 3.05) is 23.9 Å². The Morgan fingerprint density at radius 2 is 2.17 bits per heavy atom. The maximum absolute atomic E-state index is 5.76. The Kier molecular flexibility index (Phi) is 2.82. The molecule has 1 aromatic heterocycles. The number of hydrogen-bond donors (Lipinski definition) is 2. The molecular formula is C14H17N3S. The van der Waals surface area contributed by atoms with Gasteiger partial charge in [0.1, 0.15) is 5.82 Å². The molecule has 4 heteroatoms. The molecule has 0 saturated heterocycles. The van der Waals surface area contributed by atoms with Gasteiger partial charge in [-0.25, -0.2) is 4.98 Å². The highest BCUT2D eigenvalue weighted by atomic mass is 32.2. The van der Waals surface area contributed by atoms with Gasteiger partial charge in [0, 0.05) is 22.4 Å². The number of anilines is 2. The zero-order valence-corrected chi connectivity index (χ0v) is 11.3. The minimum atomic E-state index is 0.456. The van der Waals surface area contributed by atoms with E-state index in [0.29, 0.717) is 4.75 Å². The number of fused-ring (bicyclic) bond motifs is 1. The van der Waals surface area contributed by atoms with Gasteiger partial charge in [0.05, 0.1) is 5.52 Å². The molecule has 1 saturated carbocycles. The average Bonchev–Trinajstić information content (AvgIpc) is 3.17. The fraction of sp³-hybridized carbons (Fsp3) is 0.357. The van der Waals surface area contributed by atoms with Crippen LogP contribution in [-0.2, 0) is 0 Å². The fourth-order valence-electron chi connectivity index (χ4n) is 2.09. The van der Waals surface area contributed by atoms with Crippen molar-refractivity contribution < 1.29 is 0 Å². The number of rotatable bonds is 4. The standard InChI is InChI=1S/C14H17N3S/c1-18-14(6-7-14)9-16-13-5-2-10-8-11(15)3-4-12(10)17-13/h2-5,8H,6-7,9,15H2,1H3,(H,16,17). The van der Waals surface area contributed by atoms with Crippen LogP contribution < -0.4 is 11.1 Å². The summed E-state index contributed by atoms with van der Waals surface area (Å²) in [5.74, 6) is 0.951. The lowest BCUT2D eigenvalue weighted by Gasteiger charge is -2.13. The number of nitrogens with two attached hydrogens (primary N) is 1. The van der Waals surface area contributed by atoms with Crippen LogP contribution in [0.15, 0.2) is 30.3 Å². The van der Waals surface area contributed by atoms with Crippen molar-refractivity contribution in [1.29, 1.82) is 0 Å². The van der Waals surface area contributed by atoms with Gasteiger partial charge < -0.3 is 11.1 Å². The molecule has 1 aromatic carbocycles. The molecule has 1 fully saturated rings. The maximum atomic E-state index is 5.76. The van der Waals surface area contributed by atoms with Crippen LogP contribution in [0.25, 0.3) is 10.9 Å². The van der Waals surface area contributed by atoms with Crippen LogP contribution in [0.1, 0.15) is 12.8 Å². The van der Waals surface area contributed by atoms with E-state index in [-0.39, 0.29) is 0 Å². The molecule has 0 aliphatic heterocycles. The van der Waals surface area contributed by atoms with E-state index < -0.39 is 0 Å². The van der Waals surface area contributed by atoms with Crippen LogP contribution in [0.5, 0.6) is 0 Å². The largest absolute Gasteiger partial charge is 0.399 e. The van der Waals surface area contributed by atoms with Crippen molar-refractivity contribution in [3.8, 4) is 0 Å². The molecule has 0 spiro atoms. The Labute approximate surface area is 111 Å². The van der Waals surface area contributed by atoms with Gasteiger partial charge in [0.25, 0.3) is 0 Å². The van der Waals surface area contributed by atoms with Gasteiger partial charge in [0.2, 0.25) is 0 Å². The molecule has 0 atom stereocenters. The second-order valence-corrected chi connectivity index (χ2v) is 6.16. The highest BCUT2D eigenvalue weighted by Gasteiger charge is 2.41. The van der Waals surface area contributed by atoms with Crippen molar-refractivity contribution in [3.05, 3.63) is 30.3 Å². The SMILES string of the molecule is CSC1(CNc2ccc3cc(N)ccc3n2)CC1. The zero-order valence-electron chi connectivity index (χ0n) is 10.4. The molecule has 3 N–H and O–H groups in total. The molecule has 3 rings (SSSR count). The summed E-state index contributed by atoms with van der Waals surface area (Å²) < 4.78 is 0.456. The molecule has 18 heavy (non-hydrogen) atoms. The number of pyridine rings is 1. The lowest BCUT2D eigenvalue weighted by molar-refractivity contribution is 0.942. The van der Waals surface area contributed by atoms with E-state index in [1.54, 1.807) is 0 Å². The monoisotopic (exact) mass is 259 g/mol. The number of nitrogens with one attached hydrogen (secondary N) is 1. The van der Waals surface area contributed by atoms with Crippen LogP contribution in [0.3, 0.4) is 0 Å². The lowest BCUT2D eigenvalue weighted by Crippen LogP contribution is -2.17. The topological polar surface area (TPSA) is 50.9 Å². The van der Waals surface area contributed by atoms with Crippen molar-refractivity contribution in [2.45, 2.75) is 17.6 Å². The Balaban J connectivity index is 1.79. The molecule has 1 aliphatic rings. The number of hydrogen-bond acceptors (Lipinski definition) is 4. The van der Waals surface area contributed by atoms with Gasteiger partial charge in [-0.3, -0.25) is 0 Å². The Bertz CT molecular complexity index is 578. The van der Waals surface area contributed by atoms with Gasteiger partial charge in [-0.05, 0) is 49.4 Å². The summed E-state index contributed by atoms with van der Waals surface area (Å²) in [7, 11) is 0. The van der Waals surface area contributed by atoms with Crippen LogP contribution in [0.4, 0.5) is 11.5 Å². The quantitative estimate of drug-likeness (QED) is 0.828. The van der Waals surface area contributed by atoms with Crippen molar-refractivity contribution in [3.63, 3.8) is 0 Å². The minimum absolute atomic E-state index is 0.456. The molecule has 1 heterocycles. The van der Waals surface area contributed by atoms with Gasteiger partial charge in [-0.2, -0.15) is 11.8 Å². The van der Waals surface area contributed by atoms with Crippen LogP contribution in [0, 0.1) is 0 Å². The number of nitrogen functional groups attached to an aromatic ring is 1. The Morgan fingerprint density at radius 3 is 2.89 bits per heavy atom. The van der Waals surface area contributed by atoms with E-state index in [2.05, 4.69) is 22.6 Å². The predicted molar refractivity (Wildman–Crippen MR) is 80.1 cm³/mol. The summed E-state index contributed by atoms with van der Waals surface area (Å²) in [4.78, 5) is 4.61. The highest BCUT2D eigenvalue weighted by molar-refractivity contribution is 8.00. The van der Waals surface area contributed by atoms with Crippen LogP contribution in [-0.4, -0.2) is 22.5 Å². The van der Waals surface area contributed by atoms with E-state index in [0.717, 1.165) is 29.0 Å². The maximum Gasteiger partial charge on any atom is 0.126 e. The second-order valence-electron chi connectivity index (χ2n) is 4.89. The summed E-state index contributed by atoms with van der Waals surface area (Å²) in [5, 5.41) is 4.53. The number of benzene rings is 1. The molecule has 3 nitrogen and oxygen atoms in total. The summed E-state index contributed by atoms with van der Waals surface area (Å²) in [6.45, 7) is 1.00. The van der Waals surface area contributed by atoms with Gasteiger partial charge in [0.15, 0.2) is 0 Å². The van der Waals surface area contributed by atoms with E-state index in [1.807, 2.05) is 36.0 Å². The molecule has 1 aliphatic carbocycles. The third-order valence-corrected chi connectivity index (χ3v) is 4.96. The molecule has 0 unspecified atom stereocenters. The van der Waals surface area contributed by atoms with E-state index in [9.17, 15) is 0 Å². The second kappa shape index (κ2) is 4.35. The molecule has 2 aromatic rings. The van der Waals surface area contributed by atoms with Gasteiger partial charge in [-0.15, -0.1) is 0 Å². The molecular weight excluding hydrogens is 242 g/mol. The molecule has 0 amide bonds. The summed E-state index contributed by atoms with van der Waals surface area (Å²) in [5.41, 5.74) is 7.53. The Morgan fingerprint density at radius 1 is 1.33 bits per heavy atom. The average molecular weight is 259 g/mol. The van der Waals surface area contributed by atoms with Crippen LogP contribution >= 0.6 is 11.8 Å². The Hall–Kier alpha value is -1.42. The highest BCUT2D eigenvalue weighted by Crippen LogP contribution is 2.46. The molecule has 0 bridgehead atoms. The van der Waals surface area contributed by atoms with Crippen molar-refractivity contribution >= 4 is 34.2 Å². The summed E-state index contributed by atoms with van der Waals surface area (Å²) in [6.07, 6.45) is 4.81.